The van der Waals surface area contributed by atoms with Crippen LogP contribution in [0.3, 0.4) is 0 Å². The average Bonchev–Trinajstić information content (AvgIpc) is 3.11. The van der Waals surface area contributed by atoms with Crippen LogP contribution in [0, 0.1) is 5.82 Å². The number of aliphatic hydroxyl groups excluding tert-OH is 1. The molecule has 1 amide bonds. The Hall–Kier alpha value is -3.15. The molecule has 0 spiro atoms. The smallest absolute Gasteiger partial charge is 0.300 e. The fourth-order valence-electron chi connectivity index (χ4n) is 4.73. The van der Waals surface area contributed by atoms with Crippen LogP contribution in [-0.2, 0) is 22.4 Å². The fraction of sp³-hybridized carbons (Fsp3) is 0.185. The molecule has 1 atom stereocenters. The Bertz CT molecular complexity index is 1350. The van der Waals surface area contributed by atoms with Crippen molar-refractivity contribution in [2.75, 3.05) is 4.90 Å². The molecule has 7 heteroatoms. The summed E-state index contributed by atoms with van der Waals surface area (Å²) < 4.78 is 13.6. The summed E-state index contributed by atoms with van der Waals surface area (Å²) in [7, 11) is 0. The maximum absolute atomic E-state index is 13.6. The van der Waals surface area contributed by atoms with Crippen molar-refractivity contribution in [3.8, 4) is 0 Å². The molecule has 3 aromatic rings. The highest BCUT2D eigenvalue weighted by atomic mass is 35.5. The van der Waals surface area contributed by atoms with Crippen molar-refractivity contribution in [1.82, 2.24) is 0 Å². The van der Waals surface area contributed by atoms with Crippen LogP contribution in [0.5, 0.6) is 0 Å². The molecule has 0 bridgehead atoms. The zero-order valence-electron chi connectivity index (χ0n) is 18.0. The Kier molecular flexibility index (Phi) is 5.92. The number of amides is 1. The van der Waals surface area contributed by atoms with Gasteiger partial charge < -0.3 is 5.11 Å². The zero-order valence-corrected chi connectivity index (χ0v) is 19.5. The Morgan fingerprint density at radius 1 is 0.882 bits per heavy atom. The van der Waals surface area contributed by atoms with Crippen LogP contribution in [-0.4, -0.2) is 16.8 Å². The van der Waals surface area contributed by atoms with E-state index in [4.69, 9.17) is 23.2 Å². The van der Waals surface area contributed by atoms with Crippen molar-refractivity contribution in [3.63, 3.8) is 0 Å². The number of carbonyl (C=O) groups is 2. The van der Waals surface area contributed by atoms with Gasteiger partial charge in [-0.15, -0.1) is 0 Å². The first-order chi connectivity index (χ1) is 16.3. The molecule has 0 aromatic heterocycles. The summed E-state index contributed by atoms with van der Waals surface area (Å²) in [5.41, 5.74) is 3.61. The quantitative estimate of drug-likeness (QED) is 0.251. The Labute approximate surface area is 206 Å². The minimum Gasteiger partial charge on any atom is -0.507 e. The van der Waals surface area contributed by atoms with E-state index in [1.165, 1.54) is 34.7 Å². The van der Waals surface area contributed by atoms with Crippen LogP contribution < -0.4 is 4.90 Å². The first-order valence-corrected chi connectivity index (χ1v) is 11.7. The molecule has 172 valence electrons. The van der Waals surface area contributed by atoms with E-state index in [0.29, 0.717) is 21.8 Å². The summed E-state index contributed by atoms with van der Waals surface area (Å²) in [4.78, 5) is 27.7. The first kappa shape index (κ1) is 22.6. The number of fused-ring (bicyclic) bond motifs is 1. The van der Waals surface area contributed by atoms with Crippen LogP contribution in [0.2, 0.25) is 10.0 Å². The monoisotopic (exact) mass is 495 g/mol. The number of halogens is 3. The van der Waals surface area contributed by atoms with Gasteiger partial charge in [-0.05, 0) is 84.8 Å². The van der Waals surface area contributed by atoms with E-state index in [1.54, 1.807) is 24.3 Å². The molecule has 1 N–H and O–H groups in total. The van der Waals surface area contributed by atoms with Gasteiger partial charge in [-0.1, -0.05) is 41.4 Å². The number of anilines is 1. The van der Waals surface area contributed by atoms with Gasteiger partial charge in [0.05, 0.1) is 21.7 Å². The van der Waals surface area contributed by atoms with Crippen LogP contribution in [0.15, 0.2) is 66.2 Å². The minimum absolute atomic E-state index is 0.0523. The minimum atomic E-state index is -0.962. The van der Waals surface area contributed by atoms with E-state index < -0.39 is 23.5 Å². The second-order valence-corrected chi connectivity index (χ2v) is 9.32. The SMILES string of the molecule is O=C1C(=O)N(c2ccc(F)cc2)C(c2ccc(Cl)c(Cl)c2)/C1=C(/O)c1ccc2c(c1)CCCC2. The van der Waals surface area contributed by atoms with Gasteiger partial charge in [0.15, 0.2) is 0 Å². The summed E-state index contributed by atoms with van der Waals surface area (Å²) in [6.07, 6.45) is 4.07. The van der Waals surface area contributed by atoms with Gasteiger partial charge in [-0.2, -0.15) is 0 Å². The van der Waals surface area contributed by atoms with Gasteiger partial charge in [0, 0.05) is 11.3 Å². The molecular weight excluding hydrogens is 476 g/mol. The maximum Gasteiger partial charge on any atom is 0.300 e. The summed E-state index contributed by atoms with van der Waals surface area (Å²) in [5.74, 6) is -2.37. The third-order valence-electron chi connectivity index (χ3n) is 6.43. The lowest BCUT2D eigenvalue weighted by Crippen LogP contribution is -2.29. The van der Waals surface area contributed by atoms with Crippen LogP contribution in [0.25, 0.3) is 5.76 Å². The van der Waals surface area contributed by atoms with E-state index in [1.807, 2.05) is 12.1 Å². The maximum atomic E-state index is 13.6. The molecule has 1 unspecified atom stereocenters. The predicted molar refractivity (Wildman–Crippen MR) is 131 cm³/mol. The molecule has 34 heavy (non-hydrogen) atoms. The number of Topliss-reactive ketones (excluding diaryl/α,β-unsaturated/α-hetero) is 1. The van der Waals surface area contributed by atoms with E-state index in [9.17, 15) is 19.1 Å². The van der Waals surface area contributed by atoms with E-state index >= 15 is 0 Å². The number of aryl methyl sites for hydroxylation is 2. The molecule has 2 aliphatic rings. The van der Waals surface area contributed by atoms with Gasteiger partial charge in [0.1, 0.15) is 11.6 Å². The van der Waals surface area contributed by atoms with Crippen molar-refractivity contribution < 1.29 is 19.1 Å². The molecule has 1 saturated heterocycles. The second-order valence-electron chi connectivity index (χ2n) is 8.51. The van der Waals surface area contributed by atoms with Crippen molar-refractivity contribution in [1.29, 1.82) is 0 Å². The lowest BCUT2D eigenvalue weighted by molar-refractivity contribution is -0.132. The molecule has 1 fully saturated rings. The number of carbonyl (C=O) groups excluding carboxylic acids is 2. The molecule has 3 aromatic carbocycles. The number of aliphatic hydroxyl groups is 1. The van der Waals surface area contributed by atoms with Gasteiger partial charge in [0.25, 0.3) is 11.7 Å². The molecule has 1 heterocycles. The van der Waals surface area contributed by atoms with Crippen molar-refractivity contribution in [2.24, 2.45) is 0 Å². The normalized spacial score (nSPS) is 19.4. The van der Waals surface area contributed by atoms with Gasteiger partial charge in [0.2, 0.25) is 0 Å². The topological polar surface area (TPSA) is 57.6 Å². The highest BCUT2D eigenvalue weighted by molar-refractivity contribution is 6.51. The van der Waals surface area contributed by atoms with Gasteiger partial charge >= 0.3 is 0 Å². The van der Waals surface area contributed by atoms with E-state index in [2.05, 4.69) is 0 Å². The number of benzene rings is 3. The van der Waals surface area contributed by atoms with Crippen LogP contribution in [0.4, 0.5) is 10.1 Å². The van der Waals surface area contributed by atoms with Crippen molar-refractivity contribution >= 4 is 46.3 Å². The molecule has 0 radical (unpaired) electrons. The average molecular weight is 496 g/mol. The predicted octanol–water partition coefficient (Wildman–Crippen LogP) is 6.64. The Balaban J connectivity index is 1.70. The fourth-order valence-corrected chi connectivity index (χ4v) is 5.04. The summed E-state index contributed by atoms with van der Waals surface area (Å²) in [6, 6.07) is 14.7. The third kappa shape index (κ3) is 3.89. The van der Waals surface area contributed by atoms with Crippen molar-refractivity contribution in [3.05, 3.63) is 104 Å². The standard InChI is InChI=1S/C27H20Cl2FNO3/c28-21-12-7-17(14-22(21)29)24-23(25(32)18-6-5-15-3-1-2-4-16(15)13-18)26(33)27(34)31(24)20-10-8-19(30)9-11-20/h5-14,24,32H,1-4H2/b25-23-. The Morgan fingerprint density at radius 2 is 1.59 bits per heavy atom. The van der Waals surface area contributed by atoms with Crippen LogP contribution in [0.1, 0.15) is 41.1 Å². The van der Waals surface area contributed by atoms with Gasteiger partial charge in [-0.25, -0.2) is 4.39 Å². The number of rotatable bonds is 3. The summed E-state index contributed by atoms with van der Waals surface area (Å²) >= 11 is 12.3. The highest BCUT2D eigenvalue weighted by Gasteiger charge is 2.47. The molecule has 0 saturated carbocycles. The summed E-state index contributed by atoms with van der Waals surface area (Å²) in [5, 5.41) is 11.9. The second kappa shape index (κ2) is 8.90. The highest BCUT2D eigenvalue weighted by Crippen LogP contribution is 2.43. The first-order valence-electron chi connectivity index (χ1n) is 11.0. The molecular formula is C27H20Cl2FNO3. The number of ketones is 1. The molecule has 5 rings (SSSR count). The molecule has 4 nitrogen and oxygen atoms in total. The van der Waals surface area contributed by atoms with E-state index in [0.717, 1.165) is 31.2 Å². The Morgan fingerprint density at radius 3 is 2.29 bits per heavy atom. The lowest BCUT2D eigenvalue weighted by atomic mass is 9.88. The lowest BCUT2D eigenvalue weighted by Gasteiger charge is -2.26. The number of nitrogens with zero attached hydrogens (tertiary/aromatic N) is 1. The third-order valence-corrected chi connectivity index (χ3v) is 7.17. The number of hydrogen-bond donors (Lipinski definition) is 1. The largest absolute Gasteiger partial charge is 0.507 e. The molecule has 1 aliphatic carbocycles. The zero-order chi connectivity index (χ0) is 24.0. The molecule has 1 aliphatic heterocycles. The number of hydrogen-bond acceptors (Lipinski definition) is 3. The van der Waals surface area contributed by atoms with Gasteiger partial charge in [-0.3, -0.25) is 14.5 Å². The van der Waals surface area contributed by atoms with E-state index in [-0.39, 0.29) is 16.4 Å². The summed E-state index contributed by atoms with van der Waals surface area (Å²) in [6.45, 7) is 0. The van der Waals surface area contributed by atoms with Crippen molar-refractivity contribution in [2.45, 2.75) is 31.7 Å². The van der Waals surface area contributed by atoms with Crippen LogP contribution >= 0.6 is 23.2 Å².